The summed E-state index contributed by atoms with van der Waals surface area (Å²) >= 11 is 3.31. The maximum atomic E-state index is 12.6. The third-order valence-electron chi connectivity index (χ3n) is 5.35. The van der Waals surface area contributed by atoms with Gasteiger partial charge >= 0.3 is 0 Å². The van der Waals surface area contributed by atoms with Crippen molar-refractivity contribution in [3.05, 3.63) is 51.0 Å². The molecule has 3 rings (SSSR count). The van der Waals surface area contributed by atoms with Crippen LogP contribution in [0.1, 0.15) is 35.6 Å². The van der Waals surface area contributed by atoms with Crippen molar-refractivity contribution >= 4 is 26.0 Å². The van der Waals surface area contributed by atoms with Crippen LogP contribution in [0.25, 0.3) is 0 Å². The highest BCUT2D eigenvalue weighted by Gasteiger charge is 2.35. The Morgan fingerprint density at radius 2 is 1.78 bits per heavy atom. The van der Waals surface area contributed by atoms with Gasteiger partial charge in [0.1, 0.15) is 17.1 Å². The quantitative estimate of drug-likeness (QED) is 0.728. The monoisotopic (exact) mass is 453 g/mol. The number of benzene rings is 2. The molecule has 0 amide bonds. The molecule has 1 heterocycles. The summed E-state index contributed by atoms with van der Waals surface area (Å²) in [5.74, 6) is 1.08. The zero-order chi connectivity index (χ0) is 20.0. The number of nitrogens with one attached hydrogen (secondary N) is 1. The third-order valence-corrected chi connectivity index (χ3v) is 7.30. The van der Waals surface area contributed by atoms with Gasteiger partial charge in [-0.2, -0.15) is 0 Å². The van der Waals surface area contributed by atoms with E-state index in [0.717, 1.165) is 38.9 Å². The largest absolute Gasteiger partial charge is 0.507 e. The van der Waals surface area contributed by atoms with Crippen molar-refractivity contribution in [3.63, 3.8) is 0 Å². The second kappa shape index (κ2) is 7.11. The average Bonchev–Trinajstić information content (AvgIpc) is 2.63. The molecule has 1 aliphatic heterocycles. The lowest BCUT2D eigenvalue weighted by atomic mass is 9.87. The maximum Gasteiger partial charge on any atom is 0.240 e. The number of halogens is 1. The molecule has 1 aliphatic rings. The van der Waals surface area contributed by atoms with Crippen molar-refractivity contribution in [2.45, 2.75) is 51.0 Å². The lowest BCUT2D eigenvalue weighted by molar-refractivity contribution is 0.0686. The standard InChI is InChI=1S/C20H24BrNO4S/c1-12-13(2)19-17(14(3)18(12)23)9-10-20(4,26-19)11-22-27(24,25)16-7-5-15(21)6-8-16/h5-8,22-23H,9-11H2,1-4H3. The van der Waals surface area contributed by atoms with Gasteiger partial charge in [-0.3, -0.25) is 0 Å². The van der Waals surface area contributed by atoms with Gasteiger partial charge in [-0.05, 0) is 81.5 Å². The van der Waals surface area contributed by atoms with Gasteiger partial charge in [0.25, 0.3) is 0 Å². The van der Waals surface area contributed by atoms with Crippen LogP contribution in [0.3, 0.4) is 0 Å². The molecule has 0 fully saturated rings. The molecule has 2 aromatic carbocycles. The molecule has 0 radical (unpaired) electrons. The Kier molecular flexibility index (Phi) is 5.31. The van der Waals surface area contributed by atoms with Crippen LogP contribution >= 0.6 is 15.9 Å². The van der Waals surface area contributed by atoms with Crippen molar-refractivity contribution < 1.29 is 18.3 Å². The summed E-state index contributed by atoms with van der Waals surface area (Å²) in [5.41, 5.74) is 2.88. The van der Waals surface area contributed by atoms with Gasteiger partial charge in [0.05, 0.1) is 11.4 Å². The molecule has 1 atom stereocenters. The first-order valence-corrected chi connectivity index (χ1v) is 11.1. The minimum Gasteiger partial charge on any atom is -0.507 e. The Bertz CT molecular complexity index is 986. The minimum absolute atomic E-state index is 0.170. The fourth-order valence-corrected chi connectivity index (χ4v) is 4.78. The molecule has 0 saturated heterocycles. The van der Waals surface area contributed by atoms with Crippen molar-refractivity contribution in [1.82, 2.24) is 4.72 Å². The topological polar surface area (TPSA) is 75.6 Å². The predicted octanol–water partition coefficient (Wildman–Crippen LogP) is 4.14. The molecule has 2 aromatic rings. The van der Waals surface area contributed by atoms with Gasteiger partial charge in [-0.25, -0.2) is 13.1 Å². The summed E-state index contributed by atoms with van der Waals surface area (Å²) in [5, 5.41) is 10.3. The van der Waals surface area contributed by atoms with E-state index in [9.17, 15) is 13.5 Å². The molecule has 0 saturated carbocycles. The highest BCUT2D eigenvalue weighted by molar-refractivity contribution is 9.10. The Hall–Kier alpha value is -1.57. The molecule has 2 N–H and O–H groups in total. The normalized spacial score (nSPS) is 19.4. The van der Waals surface area contributed by atoms with Crippen molar-refractivity contribution in [2.24, 2.45) is 0 Å². The Morgan fingerprint density at radius 3 is 2.41 bits per heavy atom. The van der Waals surface area contributed by atoms with Crippen LogP contribution in [0, 0.1) is 20.8 Å². The molecule has 1 unspecified atom stereocenters. The summed E-state index contributed by atoms with van der Waals surface area (Å²) in [4.78, 5) is 0.221. The molecular weight excluding hydrogens is 430 g/mol. The van der Waals surface area contributed by atoms with Gasteiger partial charge in [-0.1, -0.05) is 15.9 Å². The SMILES string of the molecule is Cc1c(C)c2c(c(C)c1O)CCC(C)(CNS(=O)(=O)c1ccc(Br)cc1)O2. The second-order valence-electron chi connectivity index (χ2n) is 7.36. The summed E-state index contributed by atoms with van der Waals surface area (Å²) < 4.78 is 34.9. The summed E-state index contributed by atoms with van der Waals surface area (Å²) in [6, 6.07) is 6.52. The van der Waals surface area contributed by atoms with Crippen LogP contribution in [0.2, 0.25) is 0 Å². The number of phenols is 1. The summed E-state index contributed by atoms with van der Waals surface area (Å²) in [6.45, 7) is 7.76. The van der Waals surface area contributed by atoms with Crippen LogP contribution in [0.15, 0.2) is 33.6 Å². The third kappa shape index (κ3) is 3.86. The number of phenolic OH excluding ortho intramolecular Hbond substituents is 1. The van der Waals surface area contributed by atoms with E-state index in [-0.39, 0.29) is 11.4 Å². The maximum absolute atomic E-state index is 12.6. The predicted molar refractivity (Wildman–Crippen MR) is 109 cm³/mol. The fourth-order valence-electron chi connectivity index (χ4n) is 3.36. The molecule has 0 bridgehead atoms. The Morgan fingerprint density at radius 1 is 1.15 bits per heavy atom. The molecule has 0 spiro atoms. The van der Waals surface area contributed by atoms with E-state index in [1.807, 2.05) is 27.7 Å². The fraction of sp³-hybridized carbons (Fsp3) is 0.400. The Balaban J connectivity index is 1.82. The first kappa shape index (κ1) is 20.2. The van der Waals surface area contributed by atoms with E-state index in [1.54, 1.807) is 24.3 Å². The van der Waals surface area contributed by atoms with Gasteiger partial charge in [0, 0.05) is 10.0 Å². The summed E-state index contributed by atoms with van der Waals surface area (Å²) in [7, 11) is -3.62. The van der Waals surface area contributed by atoms with Crippen LogP contribution < -0.4 is 9.46 Å². The first-order valence-electron chi connectivity index (χ1n) is 8.80. The molecular formula is C20H24BrNO4S. The minimum atomic E-state index is -3.62. The second-order valence-corrected chi connectivity index (χ2v) is 10.0. The van der Waals surface area contributed by atoms with Gasteiger partial charge < -0.3 is 9.84 Å². The molecule has 27 heavy (non-hydrogen) atoms. The number of ether oxygens (including phenoxy) is 1. The zero-order valence-electron chi connectivity index (χ0n) is 15.9. The van der Waals surface area contributed by atoms with Gasteiger partial charge in [0.2, 0.25) is 10.0 Å². The molecule has 0 aliphatic carbocycles. The van der Waals surface area contributed by atoms with E-state index in [1.165, 1.54) is 0 Å². The van der Waals surface area contributed by atoms with Crippen LogP contribution in [0.5, 0.6) is 11.5 Å². The molecule has 0 aromatic heterocycles. The lowest BCUT2D eigenvalue weighted by Crippen LogP contribution is -2.47. The van der Waals surface area contributed by atoms with Crippen molar-refractivity contribution in [1.29, 1.82) is 0 Å². The highest BCUT2D eigenvalue weighted by atomic mass is 79.9. The van der Waals surface area contributed by atoms with E-state index >= 15 is 0 Å². The van der Waals surface area contributed by atoms with E-state index in [0.29, 0.717) is 12.2 Å². The van der Waals surface area contributed by atoms with Crippen LogP contribution in [-0.2, 0) is 16.4 Å². The number of sulfonamides is 1. The van der Waals surface area contributed by atoms with Crippen molar-refractivity contribution in [3.8, 4) is 11.5 Å². The number of fused-ring (bicyclic) bond motifs is 1. The molecule has 5 nitrogen and oxygen atoms in total. The van der Waals surface area contributed by atoms with Gasteiger partial charge in [0.15, 0.2) is 0 Å². The van der Waals surface area contributed by atoms with Crippen molar-refractivity contribution in [2.75, 3.05) is 6.54 Å². The first-order chi connectivity index (χ1) is 12.5. The van der Waals surface area contributed by atoms with E-state index in [2.05, 4.69) is 20.7 Å². The number of hydrogen-bond donors (Lipinski definition) is 2. The molecule has 7 heteroatoms. The van der Waals surface area contributed by atoms with Crippen LogP contribution in [0.4, 0.5) is 0 Å². The zero-order valence-corrected chi connectivity index (χ0v) is 18.3. The lowest BCUT2D eigenvalue weighted by Gasteiger charge is -2.38. The Labute approximate surface area is 168 Å². The van der Waals surface area contributed by atoms with E-state index < -0.39 is 15.6 Å². The average molecular weight is 454 g/mol. The number of rotatable bonds is 4. The number of aromatic hydroxyl groups is 1. The molecule has 146 valence electrons. The smallest absolute Gasteiger partial charge is 0.240 e. The van der Waals surface area contributed by atoms with E-state index in [4.69, 9.17) is 4.74 Å². The highest BCUT2D eigenvalue weighted by Crippen LogP contribution is 2.43. The van der Waals surface area contributed by atoms with Crippen LogP contribution in [-0.4, -0.2) is 25.7 Å². The number of hydrogen-bond acceptors (Lipinski definition) is 4. The summed E-state index contributed by atoms with van der Waals surface area (Å²) in [6.07, 6.45) is 1.39. The van der Waals surface area contributed by atoms with Gasteiger partial charge in [-0.15, -0.1) is 0 Å².